The van der Waals surface area contributed by atoms with E-state index in [-0.39, 0.29) is 37.5 Å². The van der Waals surface area contributed by atoms with Crippen LogP contribution in [0.2, 0.25) is 0 Å². The Kier molecular flexibility index (Phi) is 56.9. The van der Waals surface area contributed by atoms with Crippen molar-refractivity contribution in [2.75, 3.05) is 13.2 Å². The summed E-state index contributed by atoms with van der Waals surface area (Å²) in [6.07, 6.45) is 83.4. The molecule has 73 heavy (non-hydrogen) atoms. The molecule has 0 rings (SSSR count). The van der Waals surface area contributed by atoms with Crippen molar-refractivity contribution in [3.8, 4) is 0 Å². The van der Waals surface area contributed by atoms with Crippen LogP contribution < -0.4 is 0 Å². The second-order valence-electron chi connectivity index (χ2n) is 19.5. The minimum Gasteiger partial charge on any atom is -0.462 e. The number of carbonyl (C=O) groups is 3. The number of allylic oxidation sites excluding steroid dienone is 20. The smallest absolute Gasteiger partial charge is 0.306 e. The Labute approximate surface area is 450 Å². The van der Waals surface area contributed by atoms with Crippen molar-refractivity contribution in [1.29, 1.82) is 0 Å². The van der Waals surface area contributed by atoms with Crippen molar-refractivity contribution in [3.05, 3.63) is 122 Å². The molecule has 0 spiro atoms. The molecule has 0 aromatic rings. The predicted molar refractivity (Wildman–Crippen MR) is 316 cm³/mol. The molecular weight excluding hydrogens is 901 g/mol. The average Bonchev–Trinajstić information content (AvgIpc) is 3.39. The molecule has 0 N–H and O–H groups in total. The Morgan fingerprint density at radius 2 is 0.548 bits per heavy atom. The van der Waals surface area contributed by atoms with Crippen molar-refractivity contribution in [2.24, 2.45) is 0 Å². The Bertz CT molecular complexity index is 1540. The lowest BCUT2D eigenvalue weighted by Crippen LogP contribution is -2.30. The number of hydrogen-bond donors (Lipinski definition) is 0. The van der Waals surface area contributed by atoms with Gasteiger partial charge in [-0.25, -0.2) is 0 Å². The van der Waals surface area contributed by atoms with Crippen LogP contribution in [0.5, 0.6) is 0 Å². The van der Waals surface area contributed by atoms with E-state index in [1.807, 2.05) is 0 Å². The Hall–Kier alpha value is -4.19. The van der Waals surface area contributed by atoms with E-state index in [4.69, 9.17) is 14.2 Å². The molecule has 0 bridgehead atoms. The fraction of sp³-hybridized carbons (Fsp3) is 0.657. The molecule has 414 valence electrons. The molecule has 0 saturated heterocycles. The number of carbonyl (C=O) groups excluding carboxylic acids is 3. The van der Waals surface area contributed by atoms with E-state index in [0.29, 0.717) is 19.3 Å². The monoisotopic (exact) mass is 1010 g/mol. The Morgan fingerprint density at radius 3 is 0.945 bits per heavy atom. The number of ether oxygens (including phenoxy) is 3. The van der Waals surface area contributed by atoms with Crippen LogP contribution in [0.1, 0.15) is 265 Å². The average molecular weight is 1010 g/mol. The molecule has 0 fully saturated rings. The van der Waals surface area contributed by atoms with Gasteiger partial charge in [0.25, 0.3) is 0 Å². The molecule has 6 heteroatoms. The summed E-state index contributed by atoms with van der Waals surface area (Å²) in [5.41, 5.74) is 0. The summed E-state index contributed by atoms with van der Waals surface area (Å²) in [7, 11) is 0. The van der Waals surface area contributed by atoms with Crippen LogP contribution in [0.3, 0.4) is 0 Å². The van der Waals surface area contributed by atoms with Gasteiger partial charge in [0, 0.05) is 19.3 Å². The van der Waals surface area contributed by atoms with Crippen LogP contribution in [0.15, 0.2) is 122 Å². The number of hydrogen-bond acceptors (Lipinski definition) is 6. The first-order valence-corrected chi connectivity index (χ1v) is 30.0. The highest BCUT2D eigenvalue weighted by Gasteiger charge is 2.19. The second kappa shape index (κ2) is 60.4. The summed E-state index contributed by atoms with van der Waals surface area (Å²) < 4.78 is 16.8. The molecule has 0 aromatic heterocycles. The van der Waals surface area contributed by atoms with Gasteiger partial charge in [0.2, 0.25) is 0 Å². The van der Waals surface area contributed by atoms with Crippen LogP contribution in [0.4, 0.5) is 0 Å². The van der Waals surface area contributed by atoms with Crippen molar-refractivity contribution in [3.63, 3.8) is 0 Å². The number of rotatable bonds is 53. The minimum atomic E-state index is -0.821. The van der Waals surface area contributed by atoms with Gasteiger partial charge in [0.05, 0.1) is 0 Å². The third-order valence-corrected chi connectivity index (χ3v) is 12.4. The van der Waals surface area contributed by atoms with Gasteiger partial charge in [0.15, 0.2) is 6.10 Å². The van der Waals surface area contributed by atoms with Gasteiger partial charge < -0.3 is 14.2 Å². The van der Waals surface area contributed by atoms with E-state index in [9.17, 15) is 14.4 Å². The summed E-state index contributed by atoms with van der Waals surface area (Å²) in [5, 5.41) is 0. The summed E-state index contributed by atoms with van der Waals surface area (Å²) >= 11 is 0. The zero-order valence-electron chi connectivity index (χ0n) is 47.4. The van der Waals surface area contributed by atoms with Crippen LogP contribution >= 0.6 is 0 Å². The molecule has 6 nitrogen and oxygen atoms in total. The first-order chi connectivity index (χ1) is 36.0. The molecule has 1 atom stereocenters. The SMILES string of the molecule is CC/C=C\C/C=C\C/C=C\C/C=C\C/C=C\CCCCCC(=O)OCC(COC(=O)CCC/C=C\C/C=C\C/C=C\C/C=C\CCCCC)OC(=O)CCCCCCCCC/C=C\CCCCCCCCCC. The van der Waals surface area contributed by atoms with E-state index in [2.05, 4.69) is 142 Å². The second-order valence-corrected chi connectivity index (χ2v) is 19.5. The van der Waals surface area contributed by atoms with Gasteiger partial charge in [-0.05, 0) is 128 Å². The first-order valence-electron chi connectivity index (χ1n) is 30.0. The van der Waals surface area contributed by atoms with Crippen molar-refractivity contribution >= 4 is 17.9 Å². The first kappa shape index (κ1) is 68.8. The summed E-state index contributed by atoms with van der Waals surface area (Å²) in [6.45, 7) is 6.42. The maximum absolute atomic E-state index is 12.9. The zero-order valence-corrected chi connectivity index (χ0v) is 47.4. The molecule has 0 saturated carbocycles. The van der Waals surface area contributed by atoms with Gasteiger partial charge in [-0.15, -0.1) is 0 Å². The highest BCUT2D eigenvalue weighted by Crippen LogP contribution is 2.14. The van der Waals surface area contributed by atoms with E-state index < -0.39 is 6.10 Å². The number of esters is 3. The van der Waals surface area contributed by atoms with E-state index in [0.717, 1.165) is 103 Å². The van der Waals surface area contributed by atoms with Crippen molar-refractivity contribution in [1.82, 2.24) is 0 Å². The van der Waals surface area contributed by atoms with Gasteiger partial charge >= 0.3 is 17.9 Å². The maximum atomic E-state index is 12.9. The molecule has 0 aliphatic carbocycles. The van der Waals surface area contributed by atoms with Crippen molar-refractivity contribution < 1.29 is 28.6 Å². The third-order valence-electron chi connectivity index (χ3n) is 12.4. The normalized spacial score (nSPS) is 13.0. The molecule has 0 aliphatic rings. The largest absolute Gasteiger partial charge is 0.462 e. The quantitative estimate of drug-likeness (QED) is 0.0261. The molecular formula is C67H110O6. The van der Waals surface area contributed by atoms with E-state index in [1.54, 1.807) is 0 Å². The number of unbranched alkanes of at least 4 members (excludes halogenated alkanes) is 22. The third kappa shape index (κ3) is 58.6. The minimum absolute atomic E-state index is 0.117. The predicted octanol–water partition coefficient (Wildman–Crippen LogP) is 20.4. The Morgan fingerprint density at radius 1 is 0.288 bits per heavy atom. The molecule has 0 aliphatic heterocycles. The molecule has 0 amide bonds. The lowest BCUT2D eigenvalue weighted by atomic mass is 10.1. The topological polar surface area (TPSA) is 78.9 Å². The molecule has 0 heterocycles. The standard InChI is InChI=1S/C67H110O6/c1-4-7-10-13-16-19-22-25-28-31-33-36-39-42-45-48-51-54-57-60-66(69)72-63-64(62-71-65(68)59-56-53-50-47-44-41-38-35-30-27-24-21-18-15-12-9-6-3)73-67(70)61-58-55-52-49-46-43-40-37-34-32-29-26-23-20-17-14-11-8-5-2/h7,10,16,18-19,21,25,27-28,30,32-34,36,38,41-42,45,47,50,64H,4-6,8-9,11-15,17,20,22-24,26,29,31,35,37,39-40,43-44,46,48-49,51-63H2,1-3H3/b10-7-,19-16-,21-18-,28-25-,30-27-,34-32-,36-33-,41-38-,45-42-,50-47-. The van der Waals surface area contributed by atoms with Crippen LogP contribution in [-0.2, 0) is 28.6 Å². The maximum Gasteiger partial charge on any atom is 0.306 e. The summed E-state index contributed by atoms with van der Waals surface area (Å²) in [4.78, 5) is 38.2. The van der Waals surface area contributed by atoms with Crippen molar-refractivity contribution in [2.45, 2.75) is 271 Å². The van der Waals surface area contributed by atoms with Crippen LogP contribution in [0, 0.1) is 0 Å². The molecule has 0 radical (unpaired) electrons. The van der Waals surface area contributed by atoms with Gasteiger partial charge in [-0.1, -0.05) is 239 Å². The fourth-order valence-corrected chi connectivity index (χ4v) is 7.93. The van der Waals surface area contributed by atoms with Gasteiger partial charge in [-0.2, -0.15) is 0 Å². The summed E-state index contributed by atoms with van der Waals surface area (Å²) in [6, 6.07) is 0. The highest BCUT2D eigenvalue weighted by molar-refractivity contribution is 5.71. The van der Waals surface area contributed by atoms with E-state index >= 15 is 0 Å². The Balaban J connectivity index is 4.54. The fourth-order valence-electron chi connectivity index (χ4n) is 7.93. The van der Waals surface area contributed by atoms with Gasteiger partial charge in [0.1, 0.15) is 13.2 Å². The van der Waals surface area contributed by atoms with E-state index in [1.165, 1.54) is 116 Å². The van der Waals surface area contributed by atoms with Crippen LogP contribution in [0.25, 0.3) is 0 Å². The lowest BCUT2D eigenvalue weighted by Gasteiger charge is -2.18. The summed E-state index contributed by atoms with van der Waals surface area (Å²) in [5.74, 6) is -1.01. The van der Waals surface area contributed by atoms with Gasteiger partial charge in [-0.3, -0.25) is 14.4 Å². The zero-order chi connectivity index (χ0) is 52.9. The molecule has 0 aromatic carbocycles. The molecule has 1 unspecified atom stereocenters. The lowest BCUT2D eigenvalue weighted by molar-refractivity contribution is -0.167. The van der Waals surface area contributed by atoms with Crippen LogP contribution in [-0.4, -0.2) is 37.2 Å². The highest BCUT2D eigenvalue weighted by atomic mass is 16.6.